The van der Waals surface area contributed by atoms with Crippen LogP contribution in [0, 0.1) is 6.92 Å². The van der Waals surface area contributed by atoms with E-state index in [1.807, 2.05) is 31.2 Å². The SMILES string of the molecule is Cc1ccc(-c2nc(CN)cnc2Cl)cc1. The number of hydrogen-bond acceptors (Lipinski definition) is 3. The molecule has 0 amide bonds. The number of rotatable bonds is 2. The van der Waals surface area contributed by atoms with Crippen molar-refractivity contribution in [3.8, 4) is 11.3 Å². The quantitative estimate of drug-likeness (QED) is 0.868. The number of hydrogen-bond donors (Lipinski definition) is 1. The van der Waals surface area contributed by atoms with Crippen LogP contribution in [-0.4, -0.2) is 9.97 Å². The Labute approximate surface area is 99.3 Å². The summed E-state index contributed by atoms with van der Waals surface area (Å²) in [6.45, 7) is 2.40. The van der Waals surface area contributed by atoms with Crippen LogP contribution in [0.15, 0.2) is 30.5 Å². The molecular weight excluding hydrogens is 222 g/mol. The summed E-state index contributed by atoms with van der Waals surface area (Å²) in [4.78, 5) is 8.44. The first-order valence-corrected chi connectivity index (χ1v) is 5.37. The molecule has 0 bridgehead atoms. The van der Waals surface area contributed by atoms with E-state index in [1.54, 1.807) is 6.20 Å². The molecule has 2 aromatic rings. The van der Waals surface area contributed by atoms with E-state index in [0.717, 1.165) is 11.3 Å². The Morgan fingerprint density at radius 3 is 2.56 bits per heavy atom. The van der Waals surface area contributed by atoms with E-state index in [1.165, 1.54) is 5.56 Å². The first-order valence-electron chi connectivity index (χ1n) is 4.99. The standard InChI is InChI=1S/C12H12ClN3/c1-8-2-4-9(5-3-8)11-12(13)15-7-10(6-14)16-11/h2-5,7H,6,14H2,1H3. The summed E-state index contributed by atoms with van der Waals surface area (Å²) in [5.41, 5.74) is 9.10. The van der Waals surface area contributed by atoms with Gasteiger partial charge in [0.2, 0.25) is 0 Å². The predicted molar refractivity (Wildman–Crippen MR) is 65.1 cm³/mol. The van der Waals surface area contributed by atoms with Crippen LogP contribution in [-0.2, 0) is 6.54 Å². The molecule has 0 radical (unpaired) electrons. The van der Waals surface area contributed by atoms with E-state index in [0.29, 0.717) is 17.4 Å². The third kappa shape index (κ3) is 2.21. The summed E-state index contributed by atoms with van der Waals surface area (Å²) in [6.07, 6.45) is 1.60. The molecule has 1 heterocycles. The molecule has 0 aliphatic heterocycles. The van der Waals surface area contributed by atoms with E-state index in [9.17, 15) is 0 Å². The second-order valence-electron chi connectivity index (χ2n) is 3.57. The Hall–Kier alpha value is -1.45. The van der Waals surface area contributed by atoms with E-state index in [-0.39, 0.29) is 0 Å². The molecular formula is C12H12ClN3. The Bertz CT molecular complexity index is 494. The van der Waals surface area contributed by atoms with Crippen molar-refractivity contribution < 1.29 is 0 Å². The van der Waals surface area contributed by atoms with Crippen LogP contribution in [0.3, 0.4) is 0 Å². The number of halogens is 1. The average molecular weight is 234 g/mol. The number of nitrogens with zero attached hydrogens (tertiary/aromatic N) is 2. The minimum Gasteiger partial charge on any atom is -0.325 e. The number of nitrogens with two attached hydrogens (primary N) is 1. The smallest absolute Gasteiger partial charge is 0.155 e. The van der Waals surface area contributed by atoms with Crippen molar-refractivity contribution in [2.24, 2.45) is 5.73 Å². The van der Waals surface area contributed by atoms with Gasteiger partial charge in [0.15, 0.2) is 5.15 Å². The molecule has 4 heteroatoms. The van der Waals surface area contributed by atoms with E-state index in [2.05, 4.69) is 9.97 Å². The average Bonchev–Trinajstić information content (AvgIpc) is 2.31. The monoisotopic (exact) mass is 233 g/mol. The maximum atomic E-state index is 6.01. The predicted octanol–water partition coefficient (Wildman–Crippen LogP) is 2.56. The van der Waals surface area contributed by atoms with Crippen LogP contribution >= 0.6 is 11.6 Å². The Morgan fingerprint density at radius 2 is 1.94 bits per heavy atom. The first-order chi connectivity index (χ1) is 7.70. The van der Waals surface area contributed by atoms with Gasteiger partial charge in [-0.2, -0.15) is 0 Å². The van der Waals surface area contributed by atoms with Crippen molar-refractivity contribution in [2.45, 2.75) is 13.5 Å². The van der Waals surface area contributed by atoms with Gasteiger partial charge in [-0.3, -0.25) is 0 Å². The maximum Gasteiger partial charge on any atom is 0.155 e. The van der Waals surface area contributed by atoms with Crippen LogP contribution in [0.1, 0.15) is 11.3 Å². The summed E-state index contributed by atoms with van der Waals surface area (Å²) >= 11 is 6.01. The molecule has 0 aliphatic carbocycles. The maximum absolute atomic E-state index is 6.01. The highest BCUT2D eigenvalue weighted by Gasteiger charge is 2.07. The van der Waals surface area contributed by atoms with Crippen LogP contribution in [0.5, 0.6) is 0 Å². The van der Waals surface area contributed by atoms with Crippen molar-refractivity contribution in [3.05, 3.63) is 46.9 Å². The molecule has 1 aromatic heterocycles. The fourth-order valence-electron chi connectivity index (χ4n) is 1.40. The lowest BCUT2D eigenvalue weighted by Crippen LogP contribution is -2.02. The van der Waals surface area contributed by atoms with Gasteiger partial charge in [-0.15, -0.1) is 0 Å². The molecule has 82 valence electrons. The highest BCUT2D eigenvalue weighted by molar-refractivity contribution is 6.31. The summed E-state index contributed by atoms with van der Waals surface area (Å²) in [5, 5.41) is 0.404. The summed E-state index contributed by atoms with van der Waals surface area (Å²) in [7, 11) is 0. The van der Waals surface area contributed by atoms with E-state index < -0.39 is 0 Å². The zero-order chi connectivity index (χ0) is 11.5. The molecule has 0 unspecified atom stereocenters. The van der Waals surface area contributed by atoms with Crippen LogP contribution < -0.4 is 5.73 Å². The van der Waals surface area contributed by atoms with Crippen molar-refractivity contribution in [3.63, 3.8) is 0 Å². The molecule has 0 fully saturated rings. The fraction of sp³-hybridized carbons (Fsp3) is 0.167. The minimum absolute atomic E-state index is 0.364. The Balaban J connectivity index is 2.50. The second kappa shape index (κ2) is 4.60. The molecule has 2 rings (SSSR count). The fourth-order valence-corrected chi connectivity index (χ4v) is 1.60. The largest absolute Gasteiger partial charge is 0.325 e. The van der Waals surface area contributed by atoms with Crippen LogP contribution in [0.2, 0.25) is 5.15 Å². The van der Waals surface area contributed by atoms with Crippen LogP contribution in [0.4, 0.5) is 0 Å². The lowest BCUT2D eigenvalue weighted by molar-refractivity contribution is 0.967. The highest BCUT2D eigenvalue weighted by Crippen LogP contribution is 2.24. The number of aryl methyl sites for hydroxylation is 1. The molecule has 2 N–H and O–H groups in total. The highest BCUT2D eigenvalue weighted by atomic mass is 35.5. The summed E-state index contributed by atoms with van der Waals surface area (Å²) in [6, 6.07) is 7.99. The van der Waals surface area contributed by atoms with Gasteiger partial charge in [-0.25, -0.2) is 9.97 Å². The molecule has 16 heavy (non-hydrogen) atoms. The summed E-state index contributed by atoms with van der Waals surface area (Å²) in [5.74, 6) is 0. The van der Waals surface area contributed by atoms with Crippen molar-refractivity contribution in [2.75, 3.05) is 0 Å². The third-order valence-electron chi connectivity index (χ3n) is 2.31. The van der Waals surface area contributed by atoms with Gasteiger partial charge in [-0.05, 0) is 6.92 Å². The zero-order valence-electron chi connectivity index (χ0n) is 8.94. The van der Waals surface area contributed by atoms with Gasteiger partial charge < -0.3 is 5.73 Å². The topological polar surface area (TPSA) is 51.8 Å². The summed E-state index contributed by atoms with van der Waals surface area (Å²) < 4.78 is 0. The minimum atomic E-state index is 0.364. The number of benzene rings is 1. The lowest BCUT2D eigenvalue weighted by Gasteiger charge is -2.05. The second-order valence-corrected chi connectivity index (χ2v) is 3.93. The van der Waals surface area contributed by atoms with Crippen molar-refractivity contribution in [1.29, 1.82) is 0 Å². The normalized spacial score (nSPS) is 10.4. The van der Waals surface area contributed by atoms with E-state index >= 15 is 0 Å². The first kappa shape index (κ1) is 11.0. The van der Waals surface area contributed by atoms with Crippen molar-refractivity contribution in [1.82, 2.24) is 9.97 Å². The molecule has 0 aliphatic rings. The molecule has 0 saturated heterocycles. The molecule has 0 saturated carbocycles. The molecule has 0 atom stereocenters. The van der Waals surface area contributed by atoms with Gasteiger partial charge in [0.1, 0.15) is 5.69 Å². The van der Waals surface area contributed by atoms with Crippen molar-refractivity contribution >= 4 is 11.6 Å². The van der Waals surface area contributed by atoms with Gasteiger partial charge in [-0.1, -0.05) is 41.4 Å². The van der Waals surface area contributed by atoms with Crippen LogP contribution in [0.25, 0.3) is 11.3 Å². The lowest BCUT2D eigenvalue weighted by atomic mass is 10.1. The Kier molecular flexibility index (Phi) is 3.17. The van der Waals surface area contributed by atoms with Gasteiger partial charge in [0.25, 0.3) is 0 Å². The van der Waals surface area contributed by atoms with Gasteiger partial charge in [0.05, 0.1) is 11.9 Å². The zero-order valence-corrected chi connectivity index (χ0v) is 9.70. The third-order valence-corrected chi connectivity index (χ3v) is 2.59. The molecule has 1 aromatic carbocycles. The van der Waals surface area contributed by atoms with Gasteiger partial charge >= 0.3 is 0 Å². The number of aromatic nitrogens is 2. The molecule has 0 spiro atoms. The van der Waals surface area contributed by atoms with E-state index in [4.69, 9.17) is 17.3 Å². The Morgan fingerprint density at radius 1 is 1.25 bits per heavy atom. The van der Waals surface area contributed by atoms with Gasteiger partial charge in [0, 0.05) is 12.1 Å². The molecule has 3 nitrogen and oxygen atoms in total.